The molecule has 89 valence electrons. The van der Waals surface area contributed by atoms with E-state index < -0.39 is 0 Å². The maximum atomic E-state index is 2.98. The highest BCUT2D eigenvalue weighted by molar-refractivity contribution is 5.80. The van der Waals surface area contributed by atoms with Gasteiger partial charge in [-0.15, -0.1) is 5.73 Å². The summed E-state index contributed by atoms with van der Waals surface area (Å²) in [4.78, 5) is 0. The quantitative estimate of drug-likeness (QED) is 0.637. The average Bonchev–Trinajstić information content (AvgIpc) is 3.27. The van der Waals surface area contributed by atoms with Crippen LogP contribution in [-0.4, -0.2) is 0 Å². The molecule has 0 fully saturated rings. The third-order valence-corrected chi connectivity index (χ3v) is 2.81. The minimum atomic E-state index is 1.11. The third kappa shape index (κ3) is 2.80. The first kappa shape index (κ1) is 12.4. The van der Waals surface area contributed by atoms with Crippen LogP contribution in [0.5, 0.6) is 0 Å². The molecule has 1 aliphatic carbocycles. The highest BCUT2D eigenvalue weighted by Crippen LogP contribution is 2.25. The minimum Gasteiger partial charge on any atom is -0.100 e. The second-order valence-electron chi connectivity index (χ2n) is 4.07. The number of hydrogen-bond acceptors (Lipinski definition) is 0. The molecular weight excluding hydrogens is 216 g/mol. The van der Waals surface area contributed by atoms with Gasteiger partial charge < -0.3 is 0 Å². The van der Waals surface area contributed by atoms with E-state index in [1.807, 2.05) is 13.8 Å². The molecule has 0 spiro atoms. The fourth-order valence-electron chi connectivity index (χ4n) is 1.75. The Morgan fingerprint density at radius 2 is 1.06 bits per heavy atom. The molecular formula is C18H17. The first-order valence-corrected chi connectivity index (χ1v) is 6.39. The maximum Gasteiger partial charge on any atom is 0.0491 e. The number of hydrogen-bond donors (Lipinski definition) is 0. The van der Waals surface area contributed by atoms with Gasteiger partial charge in [0.1, 0.15) is 0 Å². The molecule has 0 heteroatoms. The highest BCUT2D eigenvalue weighted by Gasteiger charge is 2.05. The van der Waals surface area contributed by atoms with Crippen molar-refractivity contribution in [3.63, 3.8) is 0 Å². The van der Waals surface area contributed by atoms with Crippen LogP contribution in [0.2, 0.25) is 0 Å². The van der Waals surface area contributed by atoms with Gasteiger partial charge >= 0.3 is 0 Å². The van der Waals surface area contributed by atoms with Gasteiger partial charge in [0.25, 0.3) is 0 Å². The molecule has 18 heavy (non-hydrogen) atoms. The Morgan fingerprint density at radius 1 is 0.667 bits per heavy atom. The van der Waals surface area contributed by atoms with Gasteiger partial charge in [-0.05, 0) is 23.6 Å². The molecule has 0 aliphatic heterocycles. The monoisotopic (exact) mass is 233 g/mol. The zero-order chi connectivity index (χ0) is 13.0. The van der Waals surface area contributed by atoms with E-state index in [9.17, 15) is 0 Å². The van der Waals surface area contributed by atoms with E-state index in [4.69, 9.17) is 0 Å². The van der Waals surface area contributed by atoms with E-state index >= 15 is 0 Å². The fraction of sp³-hybridized carbons (Fsp3) is 0.167. The Morgan fingerprint density at radius 3 is 1.50 bits per heavy atom. The van der Waals surface area contributed by atoms with Crippen LogP contribution in [0, 0.1) is 13.0 Å². The van der Waals surface area contributed by atoms with Crippen molar-refractivity contribution in [2.45, 2.75) is 20.8 Å². The van der Waals surface area contributed by atoms with Gasteiger partial charge in [0.15, 0.2) is 0 Å². The van der Waals surface area contributed by atoms with Crippen molar-refractivity contribution in [3.8, 4) is 11.1 Å². The summed E-state index contributed by atoms with van der Waals surface area (Å²) in [5, 5.41) is 0. The zero-order valence-electron chi connectivity index (χ0n) is 11.1. The van der Waals surface area contributed by atoms with Gasteiger partial charge in [-0.25, -0.2) is 0 Å². The van der Waals surface area contributed by atoms with Crippen molar-refractivity contribution < 1.29 is 0 Å². The van der Waals surface area contributed by atoms with Gasteiger partial charge in [0.2, 0.25) is 0 Å². The predicted molar refractivity (Wildman–Crippen MR) is 78.1 cm³/mol. The Kier molecular flexibility index (Phi) is 3.82. The minimum absolute atomic E-state index is 1.11. The molecule has 3 rings (SSSR count). The van der Waals surface area contributed by atoms with Crippen LogP contribution in [0.1, 0.15) is 25.0 Å². The Bertz CT molecular complexity index is 577. The summed E-state index contributed by atoms with van der Waals surface area (Å²) in [5.41, 5.74) is 9.11. The van der Waals surface area contributed by atoms with Gasteiger partial charge in [0.05, 0.1) is 0 Å². The first-order valence-electron chi connectivity index (χ1n) is 6.39. The Hall–Kier alpha value is -2.04. The molecule has 0 atom stereocenters. The smallest absolute Gasteiger partial charge is 0.0491 e. The largest absolute Gasteiger partial charge is 0.100 e. The molecule has 0 bridgehead atoms. The maximum absolute atomic E-state index is 2.98. The van der Waals surface area contributed by atoms with Crippen molar-refractivity contribution in [1.29, 1.82) is 0 Å². The van der Waals surface area contributed by atoms with Crippen LogP contribution in [0.4, 0.5) is 0 Å². The van der Waals surface area contributed by atoms with E-state index in [1.54, 1.807) is 0 Å². The second-order valence-corrected chi connectivity index (χ2v) is 4.07. The number of benzene rings is 2. The molecule has 0 nitrogen and oxygen atoms in total. The lowest BCUT2D eigenvalue weighted by Crippen LogP contribution is -1.80. The van der Waals surface area contributed by atoms with E-state index in [1.165, 1.54) is 22.3 Å². The molecule has 0 saturated heterocycles. The summed E-state index contributed by atoms with van der Waals surface area (Å²) < 4.78 is 0. The third-order valence-electron chi connectivity index (χ3n) is 2.81. The molecule has 0 aromatic heterocycles. The summed E-state index contributed by atoms with van der Waals surface area (Å²) >= 11 is 0. The molecule has 0 N–H and O–H groups in total. The predicted octanol–water partition coefficient (Wildman–Crippen LogP) is 5.04. The lowest BCUT2D eigenvalue weighted by Gasteiger charge is -2.03. The SMILES string of the molecule is CC.Cc1ccc(-c2ccc(C3=C=[C]3)cc2)cc1. The molecule has 0 unspecified atom stereocenters. The van der Waals surface area contributed by atoms with Gasteiger partial charge in [-0.1, -0.05) is 67.9 Å². The van der Waals surface area contributed by atoms with Crippen LogP contribution in [-0.2, 0) is 0 Å². The Balaban J connectivity index is 0.000000574. The van der Waals surface area contributed by atoms with E-state index in [2.05, 4.69) is 67.3 Å². The van der Waals surface area contributed by atoms with Gasteiger partial charge in [0, 0.05) is 11.6 Å². The lowest BCUT2D eigenvalue weighted by atomic mass is 10.0. The number of aryl methyl sites for hydroxylation is 1. The van der Waals surface area contributed by atoms with Crippen molar-refractivity contribution in [2.24, 2.45) is 0 Å². The number of rotatable bonds is 2. The number of allylic oxidation sites excluding steroid dienone is 1. The standard InChI is InChI=1S/C16H11.C2H6/c1-12-2-4-13(5-3-12)14-6-8-15(9-7-14)16-10-11-16;1-2/h2-9H,1H3;1-2H3. The van der Waals surface area contributed by atoms with Crippen LogP contribution in [0.25, 0.3) is 16.7 Å². The van der Waals surface area contributed by atoms with Gasteiger partial charge in [-0.2, -0.15) is 0 Å². The highest BCUT2D eigenvalue weighted by atomic mass is 14.1. The Labute approximate surface area is 109 Å². The first-order chi connectivity index (χ1) is 8.83. The molecule has 0 heterocycles. The van der Waals surface area contributed by atoms with E-state index in [0.29, 0.717) is 0 Å². The van der Waals surface area contributed by atoms with E-state index in [-0.39, 0.29) is 0 Å². The summed E-state index contributed by atoms with van der Waals surface area (Å²) in [6, 6.07) is 17.1. The normalized spacial score (nSPS) is 11.4. The lowest BCUT2D eigenvalue weighted by molar-refractivity contribution is 1.47. The molecule has 0 saturated carbocycles. The molecule has 2 aromatic carbocycles. The molecule has 1 radical (unpaired) electrons. The van der Waals surface area contributed by atoms with Crippen LogP contribution < -0.4 is 0 Å². The fourth-order valence-corrected chi connectivity index (χ4v) is 1.75. The molecule has 2 aromatic rings. The summed E-state index contributed by atoms with van der Waals surface area (Å²) in [7, 11) is 0. The van der Waals surface area contributed by atoms with Crippen molar-refractivity contribution >= 4 is 5.57 Å². The van der Waals surface area contributed by atoms with Crippen LogP contribution in [0.3, 0.4) is 0 Å². The van der Waals surface area contributed by atoms with Crippen LogP contribution >= 0.6 is 0 Å². The van der Waals surface area contributed by atoms with Crippen molar-refractivity contribution in [3.05, 3.63) is 71.5 Å². The van der Waals surface area contributed by atoms with Crippen molar-refractivity contribution in [2.75, 3.05) is 0 Å². The summed E-state index contributed by atoms with van der Waals surface area (Å²) in [6.45, 7) is 6.11. The van der Waals surface area contributed by atoms with Gasteiger partial charge in [-0.3, -0.25) is 0 Å². The van der Waals surface area contributed by atoms with Crippen LogP contribution in [0.15, 0.2) is 54.3 Å². The molecule has 1 aliphatic rings. The zero-order valence-corrected chi connectivity index (χ0v) is 11.1. The van der Waals surface area contributed by atoms with Crippen molar-refractivity contribution in [1.82, 2.24) is 0 Å². The topological polar surface area (TPSA) is 0 Å². The average molecular weight is 233 g/mol. The summed E-state index contributed by atoms with van der Waals surface area (Å²) in [6.07, 6.45) is 2.98. The summed E-state index contributed by atoms with van der Waals surface area (Å²) in [5.74, 6) is 0. The molecule has 0 amide bonds. The second kappa shape index (κ2) is 5.53. The van der Waals surface area contributed by atoms with E-state index in [0.717, 1.165) is 5.57 Å².